The average Bonchev–Trinajstić information content (AvgIpc) is 2.92. The Bertz CT molecular complexity index is 553. The van der Waals surface area contributed by atoms with E-state index in [0.29, 0.717) is 6.04 Å². The lowest BCUT2D eigenvalue weighted by molar-refractivity contribution is 0.571. The number of benzene rings is 1. The molecule has 0 amide bonds. The molecule has 0 aliphatic heterocycles. The molecule has 0 aliphatic rings. The maximum Gasteiger partial charge on any atom is 0.0696 e. The number of hydrogen-bond acceptors (Lipinski definition) is 2. The Kier molecular flexibility index (Phi) is 4.96. The molecule has 0 aliphatic carbocycles. The SMILES string of the molecule is CCc1cc(CC)n(-c2ccccc2C(CC)NC)n1. The highest BCUT2D eigenvalue weighted by Crippen LogP contribution is 2.25. The Balaban J connectivity index is 2.54. The van der Waals surface area contributed by atoms with Gasteiger partial charge in [0.15, 0.2) is 0 Å². The standard InChI is InChI=1S/C17H25N3/c1-5-13-12-14(6-2)20(19-13)17-11-9-8-10-15(17)16(7-3)18-4/h8-12,16,18H,5-7H2,1-4H3. The van der Waals surface area contributed by atoms with Crippen molar-refractivity contribution in [3.63, 3.8) is 0 Å². The fourth-order valence-corrected chi connectivity index (χ4v) is 2.66. The molecule has 0 saturated carbocycles. The van der Waals surface area contributed by atoms with E-state index in [1.807, 2.05) is 7.05 Å². The normalized spacial score (nSPS) is 12.6. The molecule has 1 aromatic carbocycles. The van der Waals surface area contributed by atoms with Crippen LogP contribution in [0.2, 0.25) is 0 Å². The van der Waals surface area contributed by atoms with Gasteiger partial charge in [-0.05, 0) is 44.0 Å². The monoisotopic (exact) mass is 271 g/mol. The van der Waals surface area contributed by atoms with Crippen LogP contribution in [0.25, 0.3) is 5.69 Å². The summed E-state index contributed by atoms with van der Waals surface area (Å²) in [6.07, 6.45) is 3.04. The second kappa shape index (κ2) is 6.71. The Labute approximate surface area is 122 Å². The van der Waals surface area contributed by atoms with E-state index in [2.05, 4.69) is 61.1 Å². The van der Waals surface area contributed by atoms with Crippen LogP contribution in [0.1, 0.15) is 50.2 Å². The number of hydrogen-bond donors (Lipinski definition) is 1. The largest absolute Gasteiger partial charge is 0.313 e. The van der Waals surface area contributed by atoms with Crippen molar-refractivity contribution in [2.24, 2.45) is 0 Å². The van der Waals surface area contributed by atoms with E-state index in [1.54, 1.807) is 0 Å². The van der Waals surface area contributed by atoms with E-state index in [9.17, 15) is 0 Å². The maximum absolute atomic E-state index is 4.77. The van der Waals surface area contributed by atoms with Gasteiger partial charge in [-0.25, -0.2) is 4.68 Å². The number of aryl methyl sites for hydroxylation is 2. The van der Waals surface area contributed by atoms with Crippen LogP contribution in [0.15, 0.2) is 30.3 Å². The Morgan fingerprint density at radius 2 is 1.90 bits per heavy atom. The van der Waals surface area contributed by atoms with Gasteiger partial charge in [0.25, 0.3) is 0 Å². The van der Waals surface area contributed by atoms with Gasteiger partial charge in [0.1, 0.15) is 0 Å². The van der Waals surface area contributed by atoms with Gasteiger partial charge in [0.2, 0.25) is 0 Å². The summed E-state index contributed by atoms with van der Waals surface area (Å²) < 4.78 is 2.12. The summed E-state index contributed by atoms with van der Waals surface area (Å²) in [5.41, 5.74) is 4.96. The Morgan fingerprint density at radius 1 is 1.15 bits per heavy atom. The van der Waals surface area contributed by atoms with Gasteiger partial charge in [-0.2, -0.15) is 5.10 Å². The third-order valence-corrected chi connectivity index (χ3v) is 3.86. The highest BCUT2D eigenvalue weighted by atomic mass is 15.3. The van der Waals surface area contributed by atoms with E-state index >= 15 is 0 Å². The molecule has 3 heteroatoms. The minimum absolute atomic E-state index is 0.366. The molecule has 0 spiro atoms. The molecule has 20 heavy (non-hydrogen) atoms. The summed E-state index contributed by atoms with van der Waals surface area (Å²) in [7, 11) is 2.02. The molecule has 1 heterocycles. The highest BCUT2D eigenvalue weighted by Gasteiger charge is 2.15. The van der Waals surface area contributed by atoms with E-state index in [0.717, 1.165) is 25.0 Å². The lowest BCUT2D eigenvalue weighted by atomic mass is 10.0. The van der Waals surface area contributed by atoms with Gasteiger partial charge in [-0.3, -0.25) is 0 Å². The van der Waals surface area contributed by atoms with Gasteiger partial charge in [-0.1, -0.05) is 39.0 Å². The molecular formula is C17H25N3. The average molecular weight is 271 g/mol. The van der Waals surface area contributed by atoms with Crippen LogP contribution in [-0.4, -0.2) is 16.8 Å². The van der Waals surface area contributed by atoms with Gasteiger partial charge >= 0.3 is 0 Å². The van der Waals surface area contributed by atoms with Crippen LogP contribution in [0.5, 0.6) is 0 Å². The molecule has 0 saturated heterocycles. The van der Waals surface area contributed by atoms with Gasteiger partial charge < -0.3 is 5.32 Å². The minimum atomic E-state index is 0.366. The minimum Gasteiger partial charge on any atom is -0.313 e. The smallest absolute Gasteiger partial charge is 0.0696 e. The molecule has 108 valence electrons. The number of nitrogens with zero attached hydrogens (tertiary/aromatic N) is 2. The summed E-state index contributed by atoms with van der Waals surface area (Å²) >= 11 is 0. The lowest BCUT2D eigenvalue weighted by Gasteiger charge is -2.19. The number of nitrogens with one attached hydrogen (secondary N) is 1. The Morgan fingerprint density at radius 3 is 2.50 bits per heavy atom. The van der Waals surface area contributed by atoms with Crippen LogP contribution in [0.4, 0.5) is 0 Å². The van der Waals surface area contributed by atoms with Crippen molar-refractivity contribution < 1.29 is 0 Å². The summed E-state index contributed by atoms with van der Waals surface area (Å²) in [5.74, 6) is 0. The van der Waals surface area contributed by atoms with E-state index in [4.69, 9.17) is 5.10 Å². The molecule has 0 bridgehead atoms. The summed E-state index contributed by atoms with van der Waals surface area (Å²) in [6.45, 7) is 6.55. The zero-order valence-electron chi connectivity index (χ0n) is 13.0. The van der Waals surface area contributed by atoms with Crippen molar-refractivity contribution in [2.45, 2.75) is 46.1 Å². The molecule has 1 atom stereocenters. The van der Waals surface area contributed by atoms with Crippen LogP contribution in [0.3, 0.4) is 0 Å². The molecule has 3 nitrogen and oxygen atoms in total. The topological polar surface area (TPSA) is 29.9 Å². The van der Waals surface area contributed by atoms with Gasteiger partial charge in [0, 0.05) is 11.7 Å². The predicted molar refractivity (Wildman–Crippen MR) is 84.4 cm³/mol. The summed E-state index contributed by atoms with van der Waals surface area (Å²) in [5, 5.41) is 8.17. The van der Waals surface area contributed by atoms with E-state index in [-0.39, 0.29) is 0 Å². The molecule has 2 aromatic rings. The van der Waals surface area contributed by atoms with E-state index in [1.165, 1.54) is 16.9 Å². The molecule has 0 fully saturated rings. The van der Waals surface area contributed by atoms with Crippen molar-refractivity contribution in [3.8, 4) is 5.69 Å². The lowest BCUT2D eigenvalue weighted by Crippen LogP contribution is -2.18. The van der Waals surface area contributed by atoms with Crippen molar-refractivity contribution in [1.82, 2.24) is 15.1 Å². The second-order valence-corrected chi connectivity index (χ2v) is 5.05. The first kappa shape index (κ1) is 14.8. The van der Waals surface area contributed by atoms with Crippen molar-refractivity contribution >= 4 is 0 Å². The van der Waals surface area contributed by atoms with Crippen LogP contribution < -0.4 is 5.32 Å². The van der Waals surface area contributed by atoms with E-state index < -0.39 is 0 Å². The highest BCUT2D eigenvalue weighted by molar-refractivity contribution is 5.44. The summed E-state index contributed by atoms with van der Waals surface area (Å²) in [4.78, 5) is 0. The first-order chi connectivity index (χ1) is 9.74. The predicted octanol–water partition coefficient (Wildman–Crippen LogP) is 3.67. The molecular weight excluding hydrogens is 246 g/mol. The molecule has 1 unspecified atom stereocenters. The zero-order valence-corrected chi connectivity index (χ0v) is 13.0. The van der Waals surface area contributed by atoms with Crippen LogP contribution >= 0.6 is 0 Å². The van der Waals surface area contributed by atoms with Crippen molar-refractivity contribution in [1.29, 1.82) is 0 Å². The fraction of sp³-hybridized carbons (Fsp3) is 0.471. The quantitative estimate of drug-likeness (QED) is 0.869. The van der Waals surface area contributed by atoms with Crippen LogP contribution in [0, 0.1) is 0 Å². The van der Waals surface area contributed by atoms with Crippen LogP contribution in [-0.2, 0) is 12.8 Å². The van der Waals surface area contributed by atoms with Crippen molar-refractivity contribution in [2.75, 3.05) is 7.05 Å². The van der Waals surface area contributed by atoms with Gasteiger partial charge in [-0.15, -0.1) is 0 Å². The first-order valence-corrected chi connectivity index (χ1v) is 7.59. The fourth-order valence-electron chi connectivity index (χ4n) is 2.66. The molecule has 0 radical (unpaired) electrons. The second-order valence-electron chi connectivity index (χ2n) is 5.05. The maximum atomic E-state index is 4.77. The van der Waals surface area contributed by atoms with Crippen molar-refractivity contribution in [3.05, 3.63) is 47.3 Å². The third-order valence-electron chi connectivity index (χ3n) is 3.86. The number of rotatable bonds is 6. The first-order valence-electron chi connectivity index (χ1n) is 7.59. The molecule has 1 aromatic heterocycles. The number of para-hydroxylation sites is 1. The van der Waals surface area contributed by atoms with Gasteiger partial charge in [0.05, 0.1) is 11.4 Å². The molecule has 2 rings (SSSR count). The molecule has 1 N–H and O–H groups in total. The Hall–Kier alpha value is -1.61. The summed E-state index contributed by atoms with van der Waals surface area (Å²) in [6, 6.07) is 11.2. The third kappa shape index (κ3) is 2.78. The number of aromatic nitrogens is 2. The zero-order chi connectivity index (χ0) is 14.5.